The summed E-state index contributed by atoms with van der Waals surface area (Å²) in [6.07, 6.45) is 0. The molecular formula is C22H19N3O2. The monoisotopic (exact) mass is 357 g/mol. The fraction of sp³-hybridized carbons (Fsp3) is 0.182. The quantitative estimate of drug-likeness (QED) is 0.626. The first-order valence-corrected chi connectivity index (χ1v) is 8.98. The Balaban J connectivity index is 1.81. The molecule has 5 rings (SSSR count). The number of amides is 2. The Morgan fingerprint density at radius 1 is 0.852 bits per heavy atom. The third kappa shape index (κ3) is 2.22. The number of imide groups is 1. The lowest BCUT2D eigenvalue weighted by atomic mass is 9.89. The maximum absolute atomic E-state index is 13.3. The number of rotatable bonds is 1. The second-order valence-electron chi connectivity index (χ2n) is 7.28. The van der Waals surface area contributed by atoms with Crippen molar-refractivity contribution < 1.29 is 9.59 Å². The fourth-order valence-electron chi connectivity index (χ4n) is 4.28. The van der Waals surface area contributed by atoms with E-state index in [1.807, 2.05) is 49.5 Å². The summed E-state index contributed by atoms with van der Waals surface area (Å²) in [7, 11) is 4.10. The largest absolute Gasteiger partial charge is 0.361 e. The van der Waals surface area contributed by atoms with Gasteiger partial charge in [-0.05, 0) is 42.3 Å². The lowest BCUT2D eigenvalue weighted by molar-refractivity contribution is 0.0893. The predicted octanol–water partition coefficient (Wildman–Crippen LogP) is 3.48. The van der Waals surface area contributed by atoms with E-state index in [0.717, 1.165) is 29.7 Å². The van der Waals surface area contributed by atoms with Crippen molar-refractivity contribution in [3.05, 3.63) is 71.3 Å². The standard InChI is InChI=1S/C22H19N3O2/c1-23-12-18-15-9-6-10-16-20(15)17(11-19(18)24(2)13-23)22(27)25(21(16)26)14-7-4-3-5-8-14/h3-11H,12-13H2,1-2H3. The van der Waals surface area contributed by atoms with E-state index < -0.39 is 0 Å². The Morgan fingerprint density at radius 2 is 1.59 bits per heavy atom. The molecule has 0 saturated carbocycles. The zero-order valence-corrected chi connectivity index (χ0v) is 15.3. The Kier molecular flexibility index (Phi) is 3.36. The van der Waals surface area contributed by atoms with Gasteiger partial charge in [0.2, 0.25) is 0 Å². The van der Waals surface area contributed by atoms with E-state index in [4.69, 9.17) is 0 Å². The van der Waals surface area contributed by atoms with Crippen LogP contribution in [-0.4, -0.2) is 37.5 Å². The highest BCUT2D eigenvalue weighted by atomic mass is 16.2. The lowest BCUT2D eigenvalue weighted by Gasteiger charge is -2.36. The first-order chi connectivity index (χ1) is 13.1. The molecule has 2 amide bonds. The third-order valence-electron chi connectivity index (χ3n) is 5.42. The van der Waals surface area contributed by atoms with Crippen LogP contribution in [0, 0.1) is 0 Å². The average molecular weight is 357 g/mol. The Morgan fingerprint density at radius 3 is 2.37 bits per heavy atom. The van der Waals surface area contributed by atoms with E-state index in [0.29, 0.717) is 16.8 Å². The van der Waals surface area contributed by atoms with Crippen molar-refractivity contribution in [3.63, 3.8) is 0 Å². The molecule has 0 N–H and O–H groups in total. The highest BCUT2D eigenvalue weighted by Crippen LogP contribution is 2.40. The lowest BCUT2D eigenvalue weighted by Crippen LogP contribution is -2.42. The third-order valence-corrected chi connectivity index (χ3v) is 5.42. The van der Waals surface area contributed by atoms with Crippen LogP contribution >= 0.6 is 0 Å². The van der Waals surface area contributed by atoms with Crippen molar-refractivity contribution in [2.45, 2.75) is 6.54 Å². The van der Waals surface area contributed by atoms with Gasteiger partial charge in [0.05, 0.1) is 17.9 Å². The molecule has 0 radical (unpaired) electrons. The van der Waals surface area contributed by atoms with Gasteiger partial charge in [-0.2, -0.15) is 0 Å². The van der Waals surface area contributed by atoms with Crippen molar-refractivity contribution in [2.24, 2.45) is 0 Å². The predicted molar refractivity (Wildman–Crippen MR) is 106 cm³/mol. The molecule has 0 fully saturated rings. The van der Waals surface area contributed by atoms with Gasteiger partial charge in [0.25, 0.3) is 11.8 Å². The van der Waals surface area contributed by atoms with Gasteiger partial charge in [-0.15, -0.1) is 0 Å². The van der Waals surface area contributed by atoms with E-state index >= 15 is 0 Å². The van der Waals surface area contributed by atoms with Crippen LogP contribution in [0.4, 0.5) is 11.4 Å². The smallest absolute Gasteiger partial charge is 0.266 e. The maximum atomic E-state index is 13.3. The van der Waals surface area contributed by atoms with Crippen LogP contribution in [0.5, 0.6) is 0 Å². The first kappa shape index (κ1) is 16.0. The molecule has 2 aliphatic rings. The van der Waals surface area contributed by atoms with Crippen molar-refractivity contribution >= 4 is 34.0 Å². The number of hydrogen-bond donors (Lipinski definition) is 0. The number of anilines is 2. The molecule has 3 aromatic rings. The Bertz CT molecular complexity index is 1110. The van der Waals surface area contributed by atoms with Gasteiger partial charge in [0.1, 0.15) is 0 Å². The second kappa shape index (κ2) is 5.66. The number of nitrogens with zero attached hydrogens (tertiary/aromatic N) is 3. The molecule has 2 heterocycles. The van der Waals surface area contributed by atoms with Gasteiger partial charge < -0.3 is 4.90 Å². The average Bonchev–Trinajstić information content (AvgIpc) is 2.67. The zero-order chi connectivity index (χ0) is 18.7. The highest BCUT2D eigenvalue weighted by molar-refractivity contribution is 6.36. The molecule has 134 valence electrons. The minimum atomic E-state index is -0.262. The molecule has 0 atom stereocenters. The molecule has 27 heavy (non-hydrogen) atoms. The maximum Gasteiger partial charge on any atom is 0.266 e. The summed E-state index contributed by atoms with van der Waals surface area (Å²) in [5.74, 6) is -0.521. The molecule has 0 aromatic heterocycles. The van der Waals surface area contributed by atoms with Gasteiger partial charge in [0, 0.05) is 30.2 Å². The summed E-state index contributed by atoms with van der Waals surface area (Å²) in [6.45, 7) is 1.60. The van der Waals surface area contributed by atoms with Crippen molar-refractivity contribution in [1.29, 1.82) is 0 Å². The van der Waals surface area contributed by atoms with Crippen LogP contribution in [0.25, 0.3) is 10.8 Å². The SMILES string of the molecule is CN1Cc2c(cc3c4c(cccc24)C(=O)N(c2ccccc2)C3=O)N(C)C1. The van der Waals surface area contributed by atoms with E-state index in [2.05, 4.69) is 16.8 Å². The molecule has 0 spiro atoms. The Labute approximate surface area is 157 Å². The van der Waals surface area contributed by atoms with Crippen LogP contribution in [0.3, 0.4) is 0 Å². The zero-order valence-electron chi connectivity index (χ0n) is 15.3. The summed E-state index contributed by atoms with van der Waals surface area (Å²) < 4.78 is 0. The number of carbonyl (C=O) groups excluding carboxylic acids is 2. The van der Waals surface area contributed by atoms with Crippen LogP contribution in [0.1, 0.15) is 26.3 Å². The van der Waals surface area contributed by atoms with Crippen LogP contribution in [0.15, 0.2) is 54.6 Å². The van der Waals surface area contributed by atoms with Crippen LogP contribution in [-0.2, 0) is 6.54 Å². The van der Waals surface area contributed by atoms with Crippen molar-refractivity contribution in [1.82, 2.24) is 4.90 Å². The molecule has 0 aliphatic carbocycles. The van der Waals surface area contributed by atoms with Gasteiger partial charge in [0.15, 0.2) is 0 Å². The minimum Gasteiger partial charge on any atom is -0.361 e. The van der Waals surface area contributed by atoms with Crippen LogP contribution in [0.2, 0.25) is 0 Å². The first-order valence-electron chi connectivity index (χ1n) is 8.98. The summed E-state index contributed by atoms with van der Waals surface area (Å²) >= 11 is 0. The van der Waals surface area contributed by atoms with E-state index in [9.17, 15) is 9.59 Å². The van der Waals surface area contributed by atoms with E-state index in [1.54, 1.807) is 12.1 Å². The van der Waals surface area contributed by atoms with Crippen molar-refractivity contribution in [3.8, 4) is 0 Å². The molecule has 5 heteroatoms. The van der Waals surface area contributed by atoms with Gasteiger partial charge in [-0.25, -0.2) is 4.90 Å². The molecule has 0 unspecified atom stereocenters. The number of benzene rings is 3. The second-order valence-corrected chi connectivity index (χ2v) is 7.28. The molecule has 0 bridgehead atoms. The Hall–Kier alpha value is -3.18. The van der Waals surface area contributed by atoms with Crippen LogP contribution < -0.4 is 9.80 Å². The van der Waals surface area contributed by atoms with E-state index in [1.165, 1.54) is 10.5 Å². The number of fused-ring (bicyclic) bond motifs is 2. The van der Waals surface area contributed by atoms with Gasteiger partial charge >= 0.3 is 0 Å². The molecule has 2 aliphatic heterocycles. The fourth-order valence-corrected chi connectivity index (χ4v) is 4.28. The molecular weight excluding hydrogens is 338 g/mol. The van der Waals surface area contributed by atoms with Crippen molar-refractivity contribution in [2.75, 3.05) is 30.6 Å². The summed E-state index contributed by atoms with van der Waals surface area (Å²) in [4.78, 5) is 32.2. The molecule has 0 saturated heterocycles. The van der Waals surface area contributed by atoms with Gasteiger partial charge in [-0.3, -0.25) is 14.5 Å². The van der Waals surface area contributed by atoms with E-state index in [-0.39, 0.29) is 11.8 Å². The summed E-state index contributed by atoms with van der Waals surface area (Å²) in [6, 6.07) is 16.8. The number of para-hydroxylation sites is 1. The topological polar surface area (TPSA) is 43.9 Å². The molecule has 3 aromatic carbocycles. The van der Waals surface area contributed by atoms with Gasteiger partial charge in [-0.1, -0.05) is 30.3 Å². The normalized spacial score (nSPS) is 16.8. The highest BCUT2D eigenvalue weighted by Gasteiger charge is 2.36. The summed E-state index contributed by atoms with van der Waals surface area (Å²) in [5, 5.41) is 1.77. The summed E-state index contributed by atoms with van der Waals surface area (Å²) in [5.41, 5.74) is 4.01. The molecule has 5 nitrogen and oxygen atoms in total. The minimum absolute atomic E-state index is 0.259. The number of hydrogen-bond acceptors (Lipinski definition) is 4. The number of carbonyl (C=O) groups is 2.